The topological polar surface area (TPSA) is 79.7 Å². The lowest BCUT2D eigenvalue weighted by molar-refractivity contribution is -0.148. The number of hydrogen-bond acceptors (Lipinski definition) is 4. The first-order valence-corrected chi connectivity index (χ1v) is 8.87. The lowest BCUT2D eigenvalue weighted by Gasteiger charge is -2.30. The summed E-state index contributed by atoms with van der Waals surface area (Å²) in [6.07, 6.45) is 9.14. The quantitative estimate of drug-likeness (QED) is 0.858. The molecule has 1 unspecified atom stereocenters. The Hall–Kier alpha value is -2.37. The van der Waals surface area contributed by atoms with Crippen LogP contribution < -0.4 is 4.74 Å². The van der Waals surface area contributed by atoms with Gasteiger partial charge in [-0.05, 0) is 31.4 Å². The van der Waals surface area contributed by atoms with E-state index < -0.39 is 12.0 Å². The predicted molar refractivity (Wildman–Crippen MR) is 92.0 cm³/mol. The maximum Gasteiger partial charge on any atom is 0.326 e. The van der Waals surface area contributed by atoms with Crippen LogP contribution in [0, 0.1) is 12.8 Å². The second-order valence-corrected chi connectivity index (χ2v) is 6.91. The SMILES string of the molecule is Cc1ccc(OC2=CC(=O)N(C(CC3CCCCC3)C(=O)O)C2)cn1. The highest BCUT2D eigenvalue weighted by molar-refractivity contribution is 5.94. The highest BCUT2D eigenvalue weighted by Crippen LogP contribution is 2.30. The van der Waals surface area contributed by atoms with Crippen LogP contribution in [0.3, 0.4) is 0 Å². The summed E-state index contributed by atoms with van der Waals surface area (Å²) in [5.41, 5.74) is 0.879. The number of carbonyl (C=O) groups is 2. The van der Waals surface area contributed by atoms with Crippen molar-refractivity contribution in [3.8, 4) is 5.75 Å². The second kappa shape index (κ2) is 7.68. The van der Waals surface area contributed by atoms with Crippen molar-refractivity contribution in [1.29, 1.82) is 0 Å². The van der Waals surface area contributed by atoms with Crippen molar-refractivity contribution in [1.82, 2.24) is 9.88 Å². The maximum atomic E-state index is 12.3. The number of nitrogens with zero attached hydrogens (tertiary/aromatic N) is 2. The van der Waals surface area contributed by atoms with E-state index in [1.54, 1.807) is 12.3 Å². The Morgan fingerprint density at radius 1 is 1.36 bits per heavy atom. The Balaban J connectivity index is 1.64. The number of amides is 1. The van der Waals surface area contributed by atoms with E-state index in [4.69, 9.17) is 4.74 Å². The Morgan fingerprint density at radius 2 is 2.12 bits per heavy atom. The zero-order valence-electron chi connectivity index (χ0n) is 14.5. The Labute approximate surface area is 147 Å². The zero-order valence-corrected chi connectivity index (χ0v) is 14.5. The first-order chi connectivity index (χ1) is 12.0. The normalized spacial score (nSPS) is 19.6. The molecule has 1 amide bonds. The van der Waals surface area contributed by atoms with E-state index in [0.29, 0.717) is 23.8 Å². The predicted octanol–water partition coefficient (Wildman–Crippen LogP) is 2.92. The van der Waals surface area contributed by atoms with Crippen LogP contribution >= 0.6 is 0 Å². The highest BCUT2D eigenvalue weighted by Gasteiger charge is 2.36. The van der Waals surface area contributed by atoms with E-state index in [9.17, 15) is 14.7 Å². The zero-order chi connectivity index (χ0) is 17.8. The molecule has 3 rings (SSSR count). The van der Waals surface area contributed by atoms with Crippen molar-refractivity contribution in [2.75, 3.05) is 6.54 Å². The van der Waals surface area contributed by atoms with Crippen LogP contribution in [0.5, 0.6) is 5.75 Å². The minimum Gasteiger partial charge on any atom is -0.480 e. The van der Waals surface area contributed by atoms with Gasteiger partial charge in [-0.1, -0.05) is 32.1 Å². The van der Waals surface area contributed by atoms with Crippen LogP contribution in [0.4, 0.5) is 0 Å². The van der Waals surface area contributed by atoms with Crippen LogP contribution in [0.25, 0.3) is 0 Å². The molecule has 1 atom stereocenters. The molecular weight excluding hydrogens is 320 g/mol. The molecule has 2 aliphatic rings. The standard InChI is InChI=1S/C19H24N2O4/c1-13-7-8-15(11-20-13)25-16-10-18(22)21(12-16)17(19(23)24)9-14-5-3-2-4-6-14/h7-8,10-11,14,17H,2-6,9,12H2,1H3,(H,23,24). The molecule has 0 radical (unpaired) electrons. The Bertz CT molecular complexity index is 663. The minimum atomic E-state index is -0.939. The van der Waals surface area contributed by atoms with Gasteiger partial charge in [0.2, 0.25) is 0 Å². The minimum absolute atomic E-state index is 0.191. The van der Waals surface area contributed by atoms with Gasteiger partial charge in [0.25, 0.3) is 5.91 Å². The van der Waals surface area contributed by atoms with E-state index >= 15 is 0 Å². The van der Waals surface area contributed by atoms with E-state index in [0.717, 1.165) is 31.4 Å². The fraction of sp³-hybridized carbons (Fsp3) is 0.526. The van der Waals surface area contributed by atoms with E-state index in [-0.39, 0.29) is 12.5 Å². The van der Waals surface area contributed by atoms with Crippen LogP contribution in [0.15, 0.2) is 30.2 Å². The molecule has 0 saturated heterocycles. The molecule has 0 aromatic carbocycles. The molecule has 1 aromatic rings. The van der Waals surface area contributed by atoms with Crippen molar-refractivity contribution >= 4 is 11.9 Å². The summed E-state index contributed by atoms with van der Waals surface area (Å²) >= 11 is 0. The molecular formula is C19H24N2O4. The smallest absolute Gasteiger partial charge is 0.326 e. The fourth-order valence-electron chi connectivity index (χ4n) is 3.60. The van der Waals surface area contributed by atoms with Gasteiger partial charge >= 0.3 is 5.97 Å². The molecule has 6 heteroatoms. The van der Waals surface area contributed by atoms with E-state index in [1.165, 1.54) is 17.4 Å². The number of hydrogen-bond donors (Lipinski definition) is 1. The molecule has 1 fully saturated rings. The van der Waals surface area contributed by atoms with E-state index in [2.05, 4.69) is 4.98 Å². The summed E-state index contributed by atoms with van der Waals surface area (Å²) in [7, 11) is 0. The van der Waals surface area contributed by atoms with Crippen molar-refractivity contribution in [2.45, 2.75) is 51.5 Å². The van der Waals surface area contributed by atoms with Crippen molar-refractivity contribution in [2.24, 2.45) is 5.92 Å². The Kier molecular flexibility index (Phi) is 5.36. The third-order valence-corrected chi connectivity index (χ3v) is 4.97. The van der Waals surface area contributed by atoms with Gasteiger partial charge in [0.15, 0.2) is 0 Å². The summed E-state index contributed by atoms with van der Waals surface area (Å²) in [6, 6.07) is 2.82. The van der Waals surface area contributed by atoms with Gasteiger partial charge in [0, 0.05) is 11.8 Å². The number of aryl methyl sites for hydroxylation is 1. The fourth-order valence-corrected chi connectivity index (χ4v) is 3.60. The van der Waals surface area contributed by atoms with Gasteiger partial charge in [-0.25, -0.2) is 4.79 Å². The average molecular weight is 344 g/mol. The number of aliphatic carboxylic acids is 1. The van der Waals surface area contributed by atoms with Crippen molar-refractivity contribution in [3.05, 3.63) is 35.9 Å². The number of carboxylic acids is 1. The summed E-state index contributed by atoms with van der Waals surface area (Å²) in [4.78, 5) is 29.6. The van der Waals surface area contributed by atoms with Gasteiger partial charge < -0.3 is 14.7 Å². The van der Waals surface area contributed by atoms with Crippen LogP contribution in [0.1, 0.15) is 44.2 Å². The molecule has 0 spiro atoms. The largest absolute Gasteiger partial charge is 0.480 e. The van der Waals surface area contributed by atoms with Gasteiger partial charge in [0.05, 0.1) is 12.7 Å². The molecule has 6 nitrogen and oxygen atoms in total. The summed E-state index contributed by atoms with van der Waals surface area (Å²) in [5.74, 6) is 0.161. The summed E-state index contributed by atoms with van der Waals surface area (Å²) < 4.78 is 5.69. The van der Waals surface area contributed by atoms with Crippen molar-refractivity contribution in [3.63, 3.8) is 0 Å². The van der Waals surface area contributed by atoms with Gasteiger partial charge in [0.1, 0.15) is 17.6 Å². The molecule has 25 heavy (non-hydrogen) atoms. The number of ether oxygens (including phenoxy) is 1. The lowest BCUT2D eigenvalue weighted by atomic mass is 9.84. The maximum absolute atomic E-state index is 12.3. The average Bonchev–Trinajstić information content (AvgIpc) is 2.95. The van der Waals surface area contributed by atoms with Gasteiger partial charge in [-0.15, -0.1) is 0 Å². The molecule has 2 heterocycles. The molecule has 1 N–H and O–H groups in total. The summed E-state index contributed by atoms with van der Waals surface area (Å²) in [6.45, 7) is 2.07. The number of rotatable bonds is 6. The first kappa shape index (κ1) is 17.5. The second-order valence-electron chi connectivity index (χ2n) is 6.91. The van der Waals surface area contributed by atoms with Crippen LogP contribution in [-0.4, -0.2) is 39.5 Å². The van der Waals surface area contributed by atoms with Gasteiger partial charge in [-0.2, -0.15) is 0 Å². The number of pyridine rings is 1. The molecule has 1 saturated carbocycles. The molecule has 1 aliphatic carbocycles. The Morgan fingerprint density at radius 3 is 2.76 bits per heavy atom. The molecule has 0 bridgehead atoms. The molecule has 1 aromatic heterocycles. The third-order valence-electron chi connectivity index (χ3n) is 4.97. The summed E-state index contributed by atoms with van der Waals surface area (Å²) in [5, 5.41) is 9.62. The van der Waals surface area contributed by atoms with Crippen LogP contribution in [-0.2, 0) is 9.59 Å². The number of carbonyl (C=O) groups excluding carboxylic acids is 1. The highest BCUT2D eigenvalue weighted by atomic mass is 16.5. The third kappa shape index (κ3) is 4.38. The number of carboxylic acid groups (broad SMARTS) is 1. The number of aromatic nitrogens is 1. The molecule has 134 valence electrons. The monoisotopic (exact) mass is 344 g/mol. The molecule has 1 aliphatic heterocycles. The van der Waals surface area contributed by atoms with Crippen molar-refractivity contribution < 1.29 is 19.4 Å². The van der Waals surface area contributed by atoms with Gasteiger partial charge in [-0.3, -0.25) is 9.78 Å². The van der Waals surface area contributed by atoms with E-state index in [1.807, 2.05) is 13.0 Å². The lowest BCUT2D eigenvalue weighted by Crippen LogP contribution is -2.44. The first-order valence-electron chi connectivity index (χ1n) is 8.87. The van der Waals surface area contributed by atoms with Crippen LogP contribution in [0.2, 0.25) is 0 Å².